The number of hydrogen-bond acceptors (Lipinski definition) is 7. The van der Waals surface area contributed by atoms with Crippen LogP contribution in [0.25, 0.3) is 0 Å². The van der Waals surface area contributed by atoms with Crippen LogP contribution in [0.3, 0.4) is 0 Å². The summed E-state index contributed by atoms with van der Waals surface area (Å²) in [5.41, 5.74) is -0.0968. The largest absolute Gasteiger partial charge is 0.383 e. The number of ether oxygens (including phenoxy) is 1. The lowest BCUT2D eigenvalue weighted by Crippen LogP contribution is -2.36. The topological polar surface area (TPSA) is 93.4 Å². The van der Waals surface area contributed by atoms with Crippen LogP contribution in [0, 0.1) is 10.1 Å². The van der Waals surface area contributed by atoms with E-state index in [0.29, 0.717) is 24.9 Å². The molecule has 1 N–H and O–H groups in total. The number of nitrogens with one attached hydrogen (secondary N) is 1. The molecule has 1 aromatic heterocycles. The molecule has 1 rings (SSSR count). The van der Waals surface area contributed by atoms with E-state index < -0.39 is 4.92 Å². The van der Waals surface area contributed by atoms with Crippen molar-refractivity contribution in [3.8, 4) is 0 Å². The van der Waals surface area contributed by atoms with Crippen LogP contribution in [0.5, 0.6) is 0 Å². The van der Waals surface area contributed by atoms with Crippen molar-refractivity contribution in [1.29, 1.82) is 0 Å². The Kier molecular flexibility index (Phi) is 6.10. The molecule has 1 aromatic rings. The van der Waals surface area contributed by atoms with Crippen LogP contribution in [0.2, 0.25) is 0 Å². The summed E-state index contributed by atoms with van der Waals surface area (Å²) in [5, 5.41) is 14.0. The summed E-state index contributed by atoms with van der Waals surface area (Å²) in [6.45, 7) is 5.03. The van der Waals surface area contributed by atoms with E-state index in [1.165, 1.54) is 6.20 Å². The molecule has 112 valence electrons. The number of nitro groups is 1. The standard InChI is InChI=1S/C12H21N5O3/c1-5-9(2)16(6-7-20-4)11-10(17(18)19)8-14-12(13-3)15-11/h8-9H,5-7H2,1-4H3,(H,13,14,15). The van der Waals surface area contributed by atoms with Crippen molar-refractivity contribution in [2.45, 2.75) is 26.3 Å². The van der Waals surface area contributed by atoms with Gasteiger partial charge in [-0.3, -0.25) is 10.1 Å². The SMILES string of the molecule is CCC(C)N(CCOC)c1nc(NC)ncc1[N+](=O)[O-]. The van der Waals surface area contributed by atoms with Crippen LogP contribution in [-0.4, -0.2) is 48.2 Å². The molecule has 0 fully saturated rings. The van der Waals surface area contributed by atoms with E-state index in [2.05, 4.69) is 15.3 Å². The predicted octanol–water partition coefficient (Wildman–Crippen LogP) is 1.68. The van der Waals surface area contributed by atoms with Gasteiger partial charge in [0.05, 0.1) is 11.5 Å². The molecule has 0 aliphatic carbocycles. The Morgan fingerprint density at radius 2 is 2.30 bits per heavy atom. The highest BCUT2D eigenvalue weighted by atomic mass is 16.6. The molecule has 1 atom stereocenters. The van der Waals surface area contributed by atoms with Gasteiger partial charge < -0.3 is 15.0 Å². The maximum Gasteiger partial charge on any atom is 0.329 e. The fourth-order valence-electron chi connectivity index (χ4n) is 1.77. The highest BCUT2D eigenvalue weighted by molar-refractivity contribution is 5.59. The third kappa shape index (κ3) is 3.77. The van der Waals surface area contributed by atoms with Gasteiger partial charge in [0.1, 0.15) is 6.20 Å². The summed E-state index contributed by atoms with van der Waals surface area (Å²) < 4.78 is 5.07. The monoisotopic (exact) mass is 283 g/mol. The first-order chi connectivity index (χ1) is 9.54. The van der Waals surface area contributed by atoms with E-state index in [1.54, 1.807) is 14.2 Å². The van der Waals surface area contributed by atoms with Crippen molar-refractivity contribution in [2.24, 2.45) is 0 Å². The number of methoxy groups -OCH3 is 1. The highest BCUT2D eigenvalue weighted by Gasteiger charge is 2.25. The van der Waals surface area contributed by atoms with E-state index >= 15 is 0 Å². The zero-order valence-electron chi connectivity index (χ0n) is 12.3. The normalized spacial score (nSPS) is 12.0. The predicted molar refractivity (Wildman–Crippen MR) is 77.2 cm³/mol. The zero-order valence-corrected chi connectivity index (χ0v) is 12.3. The Morgan fingerprint density at radius 1 is 1.60 bits per heavy atom. The first-order valence-corrected chi connectivity index (χ1v) is 6.49. The molecule has 0 saturated carbocycles. The van der Waals surface area contributed by atoms with Crippen LogP contribution in [-0.2, 0) is 4.74 Å². The molecule has 0 aliphatic heterocycles. The summed E-state index contributed by atoms with van der Waals surface area (Å²) in [7, 11) is 3.27. The van der Waals surface area contributed by atoms with E-state index in [0.717, 1.165) is 6.42 Å². The Hall–Kier alpha value is -1.96. The minimum absolute atomic E-state index is 0.0968. The lowest BCUT2D eigenvalue weighted by Gasteiger charge is -2.29. The van der Waals surface area contributed by atoms with Gasteiger partial charge in [0, 0.05) is 26.7 Å². The van der Waals surface area contributed by atoms with Gasteiger partial charge in [0.15, 0.2) is 0 Å². The minimum Gasteiger partial charge on any atom is -0.383 e. The lowest BCUT2D eigenvalue weighted by molar-refractivity contribution is -0.384. The molecule has 0 bridgehead atoms. The van der Waals surface area contributed by atoms with Gasteiger partial charge >= 0.3 is 5.69 Å². The third-order valence-electron chi connectivity index (χ3n) is 3.10. The summed E-state index contributed by atoms with van der Waals surface area (Å²) in [6, 6.07) is 0.114. The Bertz CT molecular complexity index is 455. The van der Waals surface area contributed by atoms with Crippen molar-refractivity contribution >= 4 is 17.5 Å². The molecule has 8 nitrogen and oxygen atoms in total. The molecule has 0 aliphatic rings. The Morgan fingerprint density at radius 3 is 2.80 bits per heavy atom. The average molecular weight is 283 g/mol. The molecule has 0 saturated heterocycles. The molecule has 0 aromatic carbocycles. The highest BCUT2D eigenvalue weighted by Crippen LogP contribution is 2.28. The fourth-order valence-corrected chi connectivity index (χ4v) is 1.77. The molecule has 8 heteroatoms. The second-order valence-electron chi connectivity index (χ2n) is 4.35. The molecule has 1 heterocycles. The van der Waals surface area contributed by atoms with Gasteiger partial charge in [-0.15, -0.1) is 0 Å². The van der Waals surface area contributed by atoms with Crippen LogP contribution >= 0.6 is 0 Å². The lowest BCUT2D eigenvalue weighted by atomic mass is 10.2. The van der Waals surface area contributed by atoms with Gasteiger partial charge in [0.2, 0.25) is 11.8 Å². The van der Waals surface area contributed by atoms with E-state index in [-0.39, 0.29) is 11.7 Å². The maximum atomic E-state index is 11.2. The van der Waals surface area contributed by atoms with Gasteiger partial charge in [0.25, 0.3) is 0 Å². The summed E-state index contributed by atoms with van der Waals surface area (Å²) in [5.74, 6) is 0.678. The van der Waals surface area contributed by atoms with Crippen LogP contribution < -0.4 is 10.2 Å². The Balaban J connectivity index is 3.23. The first-order valence-electron chi connectivity index (χ1n) is 6.49. The second kappa shape index (κ2) is 7.59. The molecule has 1 unspecified atom stereocenters. The minimum atomic E-state index is -0.461. The van der Waals surface area contributed by atoms with Crippen molar-refractivity contribution in [3.63, 3.8) is 0 Å². The number of anilines is 2. The quantitative estimate of drug-likeness (QED) is 0.573. The van der Waals surface area contributed by atoms with E-state index in [9.17, 15) is 10.1 Å². The van der Waals surface area contributed by atoms with E-state index in [1.807, 2.05) is 18.7 Å². The number of rotatable bonds is 8. The van der Waals surface area contributed by atoms with Crippen LogP contribution in [0.4, 0.5) is 17.5 Å². The van der Waals surface area contributed by atoms with Crippen molar-refractivity contribution < 1.29 is 9.66 Å². The van der Waals surface area contributed by atoms with Gasteiger partial charge in [-0.2, -0.15) is 4.98 Å². The number of aromatic nitrogens is 2. The van der Waals surface area contributed by atoms with Gasteiger partial charge in [-0.05, 0) is 13.3 Å². The molecule has 0 amide bonds. The first kappa shape index (κ1) is 16.1. The van der Waals surface area contributed by atoms with Crippen molar-refractivity contribution in [3.05, 3.63) is 16.3 Å². The maximum absolute atomic E-state index is 11.2. The van der Waals surface area contributed by atoms with Crippen LogP contribution in [0.1, 0.15) is 20.3 Å². The number of hydrogen-bond donors (Lipinski definition) is 1. The average Bonchev–Trinajstić information content (AvgIpc) is 2.46. The van der Waals surface area contributed by atoms with Crippen LogP contribution in [0.15, 0.2) is 6.20 Å². The number of nitrogens with zero attached hydrogens (tertiary/aromatic N) is 4. The van der Waals surface area contributed by atoms with E-state index in [4.69, 9.17) is 4.74 Å². The second-order valence-corrected chi connectivity index (χ2v) is 4.35. The van der Waals surface area contributed by atoms with Crippen molar-refractivity contribution in [2.75, 3.05) is 37.5 Å². The molecule has 20 heavy (non-hydrogen) atoms. The summed E-state index contributed by atoms with van der Waals surface area (Å²) >= 11 is 0. The molecular formula is C12H21N5O3. The van der Waals surface area contributed by atoms with Gasteiger partial charge in [-0.1, -0.05) is 6.92 Å². The third-order valence-corrected chi connectivity index (χ3v) is 3.10. The summed E-state index contributed by atoms with van der Waals surface area (Å²) in [4.78, 5) is 20.7. The zero-order chi connectivity index (χ0) is 15.1. The fraction of sp³-hybridized carbons (Fsp3) is 0.667. The smallest absolute Gasteiger partial charge is 0.329 e. The molecular weight excluding hydrogens is 262 g/mol. The molecule has 0 spiro atoms. The Labute approximate surface area is 118 Å². The molecule has 0 radical (unpaired) electrons. The van der Waals surface area contributed by atoms with Crippen molar-refractivity contribution in [1.82, 2.24) is 9.97 Å². The summed E-state index contributed by atoms with van der Waals surface area (Å²) in [6.07, 6.45) is 2.08. The van der Waals surface area contributed by atoms with Gasteiger partial charge in [-0.25, -0.2) is 4.98 Å².